The van der Waals surface area contributed by atoms with Gasteiger partial charge >= 0.3 is 0 Å². The predicted molar refractivity (Wildman–Crippen MR) is 88.4 cm³/mol. The molecular weight excluding hydrogens is 248 g/mol. The van der Waals surface area contributed by atoms with Crippen molar-refractivity contribution >= 4 is 8.07 Å². The van der Waals surface area contributed by atoms with E-state index < -0.39 is 8.07 Å². The molecule has 1 saturated carbocycles. The molecule has 0 saturated heterocycles. The average molecular weight is 285 g/mol. The van der Waals surface area contributed by atoms with Gasteiger partial charge in [0.15, 0.2) is 0 Å². The molecule has 1 fully saturated rings. The first kappa shape index (κ1) is 17.2. The Bertz CT molecular complexity index is 209. The average Bonchev–Trinajstić information content (AvgIpc) is 2.40. The zero-order valence-electron chi connectivity index (χ0n) is 13.8. The molecule has 0 N–H and O–H groups in total. The molecule has 0 spiro atoms. The van der Waals surface area contributed by atoms with Crippen molar-refractivity contribution in [1.29, 1.82) is 0 Å². The van der Waals surface area contributed by atoms with Crippen LogP contribution in [0.25, 0.3) is 0 Å². The van der Waals surface area contributed by atoms with Crippen LogP contribution in [0.5, 0.6) is 0 Å². The maximum Gasteiger partial charge on any atom is 0.0872 e. The number of hydrogen-bond acceptors (Lipinski definition) is 1. The van der Waals surface area contributed by atoms with Gasteiger partial charge in [0.1, 0.15) is 0 Å². The standard InChI is InChI=1S/C17H36OSi/c1-5-18-17(19(6-2,7-3)8-4)16-14-12-10-9-11-13-15-16/h16-17H,5-15H2,1-4H3. The van der Waals surface area contributed by atoms with E-state index >= 15 is 0 Å². The smallest absolute Gasteiger partial charge is 0.0872 e. The third kappa shape index (κ3) is 4.59. The molecule has 0 radical (unpaired) electrons. The van der Waals surface area contributed by atoms with Crippen LogP contribution in [0.3, 0.4) is 0 Å². The molecule has 114 valence electrons. The minimum atomic E-state index is -1.22. The van der Waals surface area contributed by atoms with Gasteiger partial charge in [0.05, 0.1) is 13.8 Å². The summed E-state index contributed by atoms with van der Waals surface area (Å²) >= 11 is 0. The zero-order valence-corrected chi connectivity index (χ0v) is 14.8. The SMILES string of the molecule is CCOC(C1CCCCCCC1)[Si](CC)(CC)CC. The summed E-state index contributed by atoms with van der Waals surface area (Å²) in [7, 11) is -1.22. The molecule has 1 nitrogen and oxygen atoms in total. The lowest BCUT2D eigenvalue weighted by Crippen LogP contribution is -2.51. The number of ether oxygens (including phenoxy) is 1. The number of hydrogen-bond donors (Lipinski definition) is 0. The molecule has 1 atom stereocenters. The Morgan fingerprint density at radius 1 is 0.842 bits per heavy atom. The summed E-state index contributed by atoms with van der Waals surface area (Å²) in [4.78, 5) is 0. The molecule has 0 aliphatic heterocycles. The van der Waals surface area contributed by atoms with Gasteiger partial charge in [-0.2, -0.15) is 0 Å². The van der Waals surface area contributed by atoms with Crippen LogP contribution in [0.15, 0.2) is 0 Å². The lowest BCUT2D eigenvalue weighted by molar-refractivity contribution is 0.0571. The summed E-state index contributed by atoms with van der Waals surface area (Å²) in [6, 6.07) is 4.21. The van der Waals surface area contributed by atoms with Crippen molar-refractivity contribution in [3.63, 3.8) is 0 Å². The minimum Gasteiger partial charge on any atom is -0.382 e. The Morgan fingerprint density at radius 3 is 1.74 bits per heavy atom. The summed E-state index contributed by atoms with van der Waals surface area (Å²) in [5.41, 5.74) is 0.635. The van der Waals surface area contributed by atoms with Crippen LogP contribution in [0.4, 0.5) is 0 Å². The molecule has 1 rings (SSSR count). The lowest BCUT2D eigenvalue weighted by Gasteiger charge is -2.42. The van der Waals surface area contributed by atoms with Crippen LogP contribution in [0.2, 0.25) is 18.1 Å². The van der Waals surface area contributed by atoms with E-state index in [1.807, 2.05) is 0 Å². The van der Waals surface area contributed by atoms with Crippen LogP contribution < -0.4 is 0 Å². The molecule has 0 aromatic rings. The molecule has 0 heterocycles. The Labute approximate surface area is 122 Å². The first-order chi connectivity index (χ1) is 9.24. The van der Waals surface area contributed by atoms with Crippen LogP contribution >= 0.6 is 0 Å². The van der Waals surface area contributed by atoms with Crippen LogP contribution in [0.1, 0.15) is 72.6 Å². The van der Waals surface area contributed by atoms with E-state index in [2.05, 4.69) is 27.7 Å². The first-order valence-corrected chi connectivity index (χ1v) is 11.6. The summed E-state index contributed by atoms with van der Waals surface area (Å²) in [6.07, 6.45) is 10.1. The predicted octanol–water partition coefficient (Wildman–Crippen LogP) is 5.80. The molecule has 0 aromatic carbocycles. The lowest BCUT2D eigenvalue weighted by atomic mass is 9.91. The fourth-order valence-electron chi connectivity index (χ4n) is 4.14. The Hall–Kier alpha value is 0.177. The van der Waals surface area contributed by atoms with Gasteiger partial charge in [0, 0.05) is 6.61 Å². The molecule has 0 amide bonds. The van der Waals surface area contributed by atoms with Gasteiger partial charge in [-0.1, -0.05) is 71.0 Å². The quantitative estimate of drug-likeness (QED) is 0.537. The van der Waals surface area contributed by atoms with Gasteiger partial charge in [0.2, 0.25) is 0 Å². The Balaban J connectivity index is 2.82. The van der Waals surface area contributed by atoms with E-state index in [0.717, 1.165) is 12.5 Å². The van der Waals surface area contributed by atoms with Crippen LogP contribution in [-0.2, 0) is 4.74 Å². The Morgan fingerprint density at radius 2 is 1.32 bits per heavy atom. The summed E-state index contributed by atoms with van der Waals surface area (Å²) in [5, 5.41) is 0. The van der Waals surface area contributed by atoms with Crippen molar-refractivity contribution in [2.45, 2.75) is 96.5 Å². The summed E-state index contributed by atoms with van der Waals surface area (Å²) < 4.78 is 6.38. The monoisotopic (exact) mass is 284 g/mol. The highest BCUT2D eigenvalue weighted by atomic mass is 28.3. The zero-order chi connectivity index (χ0) is 14.1. The molecule has 2 heteroatoms. The number of rotatable bonds is 7. The van der Waals surface area contributed by atoms with Gasteiger partial charge in [-0.15, -0.1) is 0 Å². The third-order valence-electron chi connectivity index (χ3n) is 5.64. The highest BCUT2D eigenvalue weighted by molar-refractivity contribution is 6.80. The van der Waals surface area contributed by atoms with Crippen molar-refractivity contribution in [1.82, 2.24) is 0 Å². The van der Waals surface area contributed by atoms with E-state index in [4.69, 9.17) is 4.74 Å². The fraction of sp³-hybridized carbons (Fsp3) is 1.00. The molecule has 1 aliphatic rings. The van der Waals surface area contributed by atoms with Crippen molar-refractivity contribution in [2.24, 2.45) is 5.92 Å². The molecule has 0 bridgehead atoms. The van der Waals surface area contributed by atoms with Crippen molar-refractivity contribution in [2.75, 3.05) is 6.61 Å². The normalized spacial score (nSPS) is 20.8. The second-order valence-corrected chi connectivity index (χ2v) is 11.8. The van der Waals surface area contributed by atoms with Gasteiger partial charge in [-0.3, -0.25) is 0 Å². The van der Waals surface area contributed by atoms with E-state index in [9.17, 15) is 0 Å². The second kappa shape index (κ2) is 9.18. The molecular formula is C17H36OSi. The maximum atomic E-state index is 6.38. The van der Waals surface area contributed by atoms with E-state index in [1.165, 1.54) is 63.1 Å². The molecule has 0 aromatic heterocycles. The van der Waals surface area contributed by atoms with Crippen molar-refractivity contribution < 1.29 is 4.74 Å². The van der Waals surface area contributed by atoms with Gasteiger partial charge in [-0.25, -0.2) is 0 Å². The van der Waals surface area contributed by atoms with Crippen molar-refractivity contribution in [3.8, 4) is 0 Å². The topological polar surface area (TPSA) is 9.23 Å². The van der Waals surface area contributed by atoms with Crippen LogP contribution in [-0.4, -0.2) is 20.4 Å². The maximum absolute atomic E-state index is 6.38. The highest BCUT2D eigenvalue weighted by Crippen LogP contribution is 2.36. The molecule has 1 aliphatic carbocycles. The minimum absolute atomic E-state index is 0.635. The third-order valence-corrected chi connectivity index (χ3v) is 11.7. The van der Waals surface area contributed by atoms with E-state index in [0.29, 0.717) is 5.73 Å². The molecule has 1 unspecified atom stereocenters. The largest absolute Gasteiger partial charge is 0.382 e. The van der Waals surface area contributed by atoms with E-state index in [-0.39, 0.29) is 0 Å². The summed E-state index contributed by atoms with van der Waals surface area (Å²) in [6.45, 7) is 10.4. The highest BCUT2D eigenvalue weighted by Gasteiger charge is 2.41. The van der Waals surface area contributed by atoms with Gasteiger partial charge in [-0.05, 0) is 25.7 Å². The van der Waals surface area contributed by atoms with Gasteiger partial charge < -0.3 is 4.74 Å². The molecule has 19 heavy (non-hydrogen) atoms. The summed E-state index contributed by atoms with van der Waals surface area (Å²) in [5.74, 6) is 0.867. The van der Waals surface area contributed by atoms with Crippen molar-refractivity contribution in [3.05, 3.63) is 0 Å². The van der Waals surface area contributed by atoms with E-state index in [1.54, 1.807) is 0 Å². The fourth-order valence-corrected chi connectivity index (χ4v) is 8.70. The van der Waals surface area contributed by atoms with Crippen LogP contribution in [0, 0.1) is 5.92 Å². The first-order valence-electron chi connectivity index (χ1n) is 8.85. The second-order valence-electron chi connectivity index (χ2n) is 6.40. The Kier molecular flexibility index (Phi) is 8.32. The van der Waals surface area contributed by atoms with Gasteiger partial charge in [0.25, 0.3) is 0 Å².